The van der Waals surface area contributed by atoms with Crippen LogP contribution in [-0.4, -0.2) is 39.1 Å². The molecule has 0 aliphatic carbocycles. The van der Waals surface area contributed by atoms with Gasteiger partial charge in [-0.1, -0.05) is 12.1 Å². The first kappa shape index (κ1) is 13.5. The van der Waals surface area contributed by atoms with Gasteiger partial charge in [0, 0.05) is 13.6 Å². The summed E-state index contributed by atoms with van der Waals surface area (Å²) in [5.74, 6) is 0. The van der Waals surface area contributed by atoms with Crippen LogP contribution < -0.4 is 4.90 Å². The lowest BCUT2D eigenvalue weighted by Crippen LogP contribution is -2.24. The summed E-state index contributed by atoms with van der Waals surface area (Å²) in [6.07, 6.45) is 1.10. The van der Waals surface area contributed by atoms with Gasteiger partial charge < -0.3 is 9.80 Å². The third kappa shape index (κ3) is 3.76. The topological polar surface area (TPSA) is 30.3 Å². The SMILES string of the molecule is Cc1cccc(C#N)c1N(C)CCCN(C)C. The molecule has 0 saturated heterocycles. The highest BCUT2D eigenvalue weighted by molar-refractivity contribution is 5.63. The molecular weight excluding hydrogens is 210 g/mol. The van der Waals surface area contributed by atoms with Crippen LogP contribution in [0.4, 0.5) is 5.69 Å². The Kier molecular flexibility index (Phi) is 4.99. The quantitative estimate of drug-likeness (QED) is 0.778. The second-order valence-electron chi connectivity index (χ2n) is 4.66. The smallest absolute Gasteiger partial charge is 0.101 e. The Morgan fingerprint density at radius 2 is 1.88 bits per heavy atom. The minimum Gasteiger partial charge on any atom is -0.373 e. The zero-order chi connectivity index (χ0) is 12.8. The van der Waals surface area contributed by atoms with E-state index in [0.29, 0.717) is 0 Å². The van der Waals surface area contributed by atoms with Crippen LogP contribution in [0.15, 0.2) is 18.2 Å². The van der Waals surface area contributed by atoms with Crippen LogP contribution in [0.5, 0.6) is 0 Å². The first-order chi connectivity index (χ1) is 8.06. The average Bonchev–Trinajstić information content (AvgIpc) is 2.27. The van der Waals surface area contributed by atoms with E-state index in [1.807, 2.05) is 12.1 Å². The third-order valence-corrected chi connectivity index (χ3v) is 2.84. The van der Waals surface area contributed by atoms with Crippen molar-refractivity contribution in [2.75, 3.05) is 39.1 Å². The number of hydrogen-bond donors (Lipinski definition) is 0. The first-order valence-corrected chi connectivity index (χ1v) is 5.92. The van der Waals surface area contributed by atoms with Gasteiger partial charge in [-0.3, -0.25) is 0 Å². The molecule has 0 aliphatic rings. The number of nitrogens with zero attached hydrogens (tertiary/aromatic N) is 3. The molecule has 0 N–H and O–H groups in total. The predicted octanol–water partition coefficient (Wildman–Crippen LogP) is 2.25. The molecule has 0 radical (unpaired) electrons. The molecule has 0 unspecified atom stereocenters. The van der Waals surface area contributed by atoms with Crippen molar-refractivity contribution in [3.63, 3.8) is 0 Å². The van der Waals surface area contributed by atoms with Crippen molar-refractivity contribution < 1.29 is 0 Å². The van der Waals surface area contributed by atoms with Crippen molar-refractivity contribution in [1.82, 2.24) is 4.90 Å². The molecule has 0 spiro atoms. The van der Waals surface area contributed by atoms with Crippen molar-refractivity contribution in [1.29, 1.82) is 5.26 Å². The van der Waals surface area contributed by atoms with Crippen LogP contribution in [0.2, 0.25) is 0 Å². The van der Waals surface area contributed by atoms with Crippen LogP contribution in [-0.2, 0) is 0 Å². The number of nitriles is 1. The van der Waals surface area contributed by atoms with E-state index in [2.05, 4.69) is 50.0 Å². The van der Waals surface area contributed by atoms with E-state index in [0.717, 1.165) is 36.3 Å². The van der Waals surface area contributed by atoms with E-state index in [9.17, 15) is 0 Å². The van der Waals surface area contributed by atoms with Gasteiger partial charge in [-0.25, -0.2) is 0 Å². The van der Waals surface area contributed by atoms with E-state index in [4.69, 9.17) is 5.26 Å². The van der Waals surface area contributed by atoms with Crippen molar-refractivity contribution >= 4 is 5.69 Å². The van der Waals surface area contributed by atoms with Gasteiger partial charge in [0.1, 0.15) is 6.07 Å². The van der Waals surface area contributed by atoms with Crippen LogP contribution in [0.25, 0.3) is 0 Å². The van der Waals surface area contributed by atoms with Crippen molar-refractivity contribution in [3.8, 4) is 6.07 Å². The lowest BCUT2D eigenvalue weighted by atomic mass is 10.1. The van der Waals surface area contributed by atoms with Gasteiger partial charge in [0.15, 0.2) is 0 Å². The molecule has 1 aromatic rings. The van der Waals surface area contributed by atoms with E-state index >= 15 is 0 Å². The fraction of sp³-hybridized carbons (Fsp3) is 0.500. The molecule has 3 nitrogen and oxygen atoms in total. The maximum absolute atomic E-state index is 9.12. The fourth-order valence-corrected chi connectivity index (χ4v) is 1.99. The number of aryl methyl sites for hydroxylation is 1. The summed E-state index contributed by atoms with van der Waals surface area (Å²) >= 11 is 0. The van der Waals surface area contributed by atoms with E-state index in [-0.39, 0.29) is 0 Å². The van der Waals surface area contributed by atoms with Crippen LogP contribution in [0.1, 0.15) is 17.5 Å². The molecule has 0 aromatic heterocycles. The highest BCUT2D eigenvalue weighted by Gasteiger charge is 2.09. The summed E-state index contributed by atoms with van der Waals surface area (Å²) in [5.41, 5.74) is 2.99. The second kappa shape index (κ2) is 6.27. The molecule has 0 aliphatic heterocycles. The molecule has 1 aromatic carbocycles. The summed E-state index contributed by atoms with van der Waals surface area (Å²) in [6, 6.07) is 8.13. The summed E-state index contributed by atoms with van der Waals surface area (Å²) in [4.78, 5) is 4.36. The maximum Gasteiger partial charge on any atom is 0.101 e. The number of rotatable bonds is 5. The van der Waals surface area contributed by atoms with Gasteiger partial charge in [-0.2, -0.15) is 5.26 Å². The first-order valence-electron chi connectivity index (χ1n) is 5.92. The summed E-state index contributed by atoms with van der Waals surface area (Å²) in [5, 5.41) is 9.12. The predicted molar refractivity (Wildman–Crippen MR) is 72.3 cm³/mol. The van der Waals surface area contributed by atoms with Gasteiger partial charge in [0.05, 0.1) is 11.3 Å². The Hall–Kier alpha value is -1.53. The third-order valence-electron chi connectivity index (χ3n) is 2.84. The molecule has 92 valence electrons. The Bertz CT molecular complexity index is 404. The molecule has 1 rings (SSSR count). The standard InChI is InChI=1S/C14H21N3/c1-12-7-5-8-13(11-15)14(12)17(4)10-6-9-16(2)3/h5,7-8H,6,9-10H2,1-4H3. The zero-order valence-electron chi connectivity index (χ0n) is 11.2. The Morgan fingerprint density at radius 3 is 2.47 bits per heavy atom. The molecule has 0 atom stereocenters. The Labute approximate surface area is 104 Å². The summed E-state index contributed by atoms with van der Waals surface area (Å²) < 4.78 is 0. The molecule has 0 amide bonds. The Balaban J connectivity index is 2.75. The fourth-order valence-electron chi connectivity index (χ4n) is 1.99. The number of para-hydroxylation sites is 1. The highest BCUT2D eigenvalue weighted by atomic mass is 15.1. The van der Waals surface area contributed by atoms with E-state index in [1.165, 1.54) is 0 Å². The van der Waals surface area contributed by atoms with Crippen molar-refractivity contribution in [2.45, 2.75) is 13.3 Å². The van der Waals surface area contributed by atoms with Gasteiger partial charge in [-0.15, -0.1) is 0 Å². The van der Waals surface area contributed by atoms with Gasteiger partial charge in [0.2, 0.25) is 0 Å². The second-order valence-corrected chi connectivity index (χ2v) is 4.66. The molecule has 3 heteroatoms. The molecule has 0 saturated carbocycles. The molecule has 0 heterocycles. The normalized spacial score (nSPS) is 10.4. The van der Waals surface area contributed by atoms with Gasteiger partial charge >= 0.3 is 0 Å². The van der Waals surface area contributed by atoms with E-state index < -0.39 is 0 Å². The highest BCUT2D eigenvalue weighted by Crippen LogP contribution is 2.23. The summed E-state index contributed by atoms with van der Waals surface area (Å²) in [7, 11) is 6.21. The lowest BCUT2D eigenvalue weighted by Gasteiger charge is -2.23. The van der Waals surface area contributed by atoms with E-state index in [1.54, 1.807) is 0 Å². The largest absolute Gasteiger partial charge is 0.373 e. The van der Waals surface area contributed by atoms with Gasteiger partial charge in [-0.05, 0) is 45.6 Å². The summed E-state index contributed by atoms with van der Waals surface area (Å²) in [6.45, 7) is 4.09. The zero-order valence-corrected chi connectivity index (χ0v) is 11.2. The maximum atomic E-state index is 9.12. The molecule has 0 fully saturated rings. The minimum absolute atomic E-state index is 0.761. The Morgan fingerprint density at radius 1 is 1.18 bits per heavy atom. The number of benzene rings is 1. The minimum atomic E-state index is 0.761. The van der Waals surface area contributed by atoms with Crippen LogP contribution in [0, 0.1) is 18.3 Å². The molecular formula is C14H21N3. The molecule has 0 bridgehead atoms. The monoisotopic (exact) mass is 231 g/mol. The van der Waals surface area contributed by atoms with Crippen LogP contribution in [0.3, 0.4) is 0 Å². The lowest BCUT2D eigenvalue weighted by molar-refractivity contribution is 0.401. The number of hydrogen-bond acceptors (Lipinski definition) is 3. The molecule has 17 heavy (non-hydrogen) atoms. The van der Waals surface area contributed by atoms with Gasteiger partial charge in [0.25, 0.3) is 0 Å². The van der Waals surface area contributed by atoms with Crippen molar-refractivity contribution in [2.24, 2.45) is 0 Å². The van der Waals surface area contributed by atoms with Crippen molar-refractivity contribution in [3.05, 3.63) is 29.3 Å². The number of anilines is 1. The van der Waals surface area contributed by atoms with Crippen LogP contribution >= 0.6 is 0 Å². The average molecular weight is 231 g/mol.